The zero-order valence-corrected chi connectivity index (χ0v) is 14.6. The fraction of sp³-hybridized carbons (Fsp3) is 0.529. The lowest BCUT2D eigenvalue weighted by Gasteiger charge is -2.35. The van der Waals surface area contributed by atoms with Crippen LogP contribution in [0.1, 0.15) is 18.9 Å². The number of piperazine rings is 1. The third kappa shape index (κ3) is 6.15. The topological polar surface area (TPSA) is 47.6 Å². The second-order valence-electron chi connectivity index (χ2n) is 5.76. The Hall–Kier alpha value is -1.66. The molecule has 23 heavy (non-hydrogen) atoms. The highest BCUT2D eigenvalue weighted by atomic mass is 32.1. The van der Waals surface area contributed by atoms with Gasteiger partial charge in [-0.1, -0.05) is 37.3 Å². The van der Waals surface area contributed by atoms with Crippen LogP contribution in [0.2, 0.25) is 0 Å². The second-order valence-corrected chi connectivity index (χ2v) is 6.14. The van der Waals surface area contributed by atoms with E-state index in [0.717, 1.165) is 50.8 Å². The quantitative estimate of drug-likeness (QED) is 0.766. The largest absolute Gasteiger partial charge is 0.358 e. The summed E-state index contributed by atoms with van der Waals surface area (Å²) in [6.45, 7) is 7.51. The van der Waals surface area contributed by atoms with Gasteiger partial charge in [0.15, 0.2) is 5.11 Å². The average molecular weight is 334 g/mol. The minimum absolute atomic E-state index is 0.116. The van der Waals surface area contributed by atoms with Gasteiger partial charge >= 0.3 is 0 Å². The van der Waals surface area contributed by atoms with Crippen LogP contribution in [-0.4, -0.2) is 60.1 Å². The Morgan fingerprint density at radius 3 is 2.48 bits per heavy atom. The van der Waals surface area contributed by atoms with Crippen molar-refractivity contribution in [1.82, 2.24) is 20.4 Å². The van der Waals surface area contributed by atoms with E-state index in [1.54, 1.807) is 0 Å². The average Bonchev–Trinajstić information content (AvgIpc) is 2.59. The van der Waals surface area contributed by atoms with Crippen LogP contribution in [0, 0.1) is 0 Å². The van der Waals surface area contributed by atoms with E-state index in [1.807, 2.05) is 18.2 Å². The van der Waals surface area contributed by atoms with Gasteiger partial charge in [-0.25, -0.2) is 0 Å². The number of carbonyl (C=O) groups excluding carboxylic acids is 1. The van der Waals surface area contributed by atoms with Gasteiger partial charge in [0.05, 0.1) is 6.54 Å². The highest BCUT2D eigenvalue weighted by molar-refractivity contribution is 7.80. The maximum atomic E-state index is 11.7. The molecule has 2 N–H and O–H groups in total. The highest BCUT2D eigenvalue weighted by Gasteiger charge is 2.20. The molecule has 1 aliphatic heterocycles. The molecule has 0 unspecified atom stereocenters. The summed E-state index contributed by atoms with van der Waals surface area (Å²) in [5.41, 5.74) is 1.22. The predicted octanol–water partition coefficient (Wildman–Crippen LogP) is 1.20. The van der Waals surface area contributed by atoms with E-state index >= 15 is 0 Å². The molecular formula is C17H26N4OS. The van der Waals surface area contributed by atoms with Gasteiger partial charge in [0.1, 0.15) is 0 Å². The molecule has 1 aromatic rings. The van der Waals surface area contributed by atoms with Crippen LogP contribution in [0.3, 0.4) is 0 Å². The van der Waals surface area contributed by atoms with Gasteiger partial charge in [-0.3, -0.25) is 9.69 Å². The molecule has 0 radical (unpaired) electrons. The molecular weight excluding hydrogens is 308 g/mol. The van der Waals surface area contributed by atoms with Gasteiger partial charge in [-0.15, -0.1) is 0 Å². The molecule has 1 saturated heterocycles. The number of nitrogens with zero attached hydrogens (tertiary/aromatic N) is 2. The summed E-state index contributed by atoms with van der Waals surface area (Å²) in [6.07, 6.45) is 0.973. The molecule has 1 aliphatic rings. The molecule has 0 aliphatic carbocycles. The number of thiocarbonyl (C=S) groups is 1. The maximum Gasteiger partial charge on any atom is 0.234 e. The van der Waals surface area contributed by atoms with E-state index < -0.39 is 0 Å². The van der Waals surface area contributed by atoms with Gasteiger partial charge in [0, 0.05) is 39.3 Å². The fourth-order valence-electron chi connectivity index (χ4n) is 2.52. The number of hydrogen-bond acceptors (Lipinski definition) is 3. The minimum atomic E-state index is 0.116. The third-order valence-corrected chi connectivity index (χ3v) is 4.29. The molecule has 0 bridgehead atoms. The molecule has 0 aromatic heterocycles. The lowest BCUT2D eigenvalue weighted by Crippen LogP contribution is -2.53. The van der Waals surface area contributed by atoms with Crippen molar-refractivity contribution in [3.05, 3.63) is 35.9 Å². The molecule has 0 spiro atoms. The Balaban J connectivity index is 1.67. The molecule has 1 amide bonds. The first kappa shape index (κ1) is 17.7. The number of nitrogens with one attached hydrogen (secondary N) is 2. The molecule has 5 nitrogen and oxygen atoms in total. The molecule has 0 saturated carbocycles. The first-order valence-electron chi connectivity index (χ1n) is 8.24. The first-order chi connectivity index (χ1) is 11.2. The van der Waals surface area contributed by atoms with E-state index in [4.69, 9.17) is 12.2 Å². The van der Waals surface area contributed by atoms with Crippen LogP contribution < -0.4 is 10.6 Å². The fourth-order valence-corrected chi connectivity index (χ4v) is 2.77. The summed E-state index contributed by atoms with van der Waals surface area (Å²) in [5.74, 6) is 0.116. The Morgan fingerprint density at radius 2 is 1.83 bits per heavy atom. The minimum Gasteiger partial charge on any atom is -0.358 e. The summed E-state index contributed by atoms with van der Waals surface area (Å²) in [5, 5.41) is 7.03. The first-order valence-corrected chi connectivity index (χ1v) is 8.65. The number of amides is 1. The number of rotatable bonds is 6. The molecule has 1 aromatic carbocycles. The van der Waals surface area contributed by atoms with Gasteiger partial charge in [-0.05, 0) is 24.2 Å². The summed E-state index contributed by atoms with van der Waals surface area (Å²) in [7, 11) is 0. The number of carbonyl (C=O) groups is 1. The van der Waals surface area contributed by atoms with Crippen LogP contribution in [0.5, 0.6) is 0 Å². The standard InChI is InChI=1S/C17H26N4OS/c1-2-8-18-16(22)14-20-9-11-21(12-10-20)17(23)19-13-15-6-4-3-5-7-15/h3-7H,2,8-14H2,1H3,(H,18,22)(H,19,23). The van der Waals surface area contributed by atoms with E-state index in [-0.39, 0.29) is 5.91 Å². The van der Waals surface area contributed by atoms with Crippen molar-refractivity contribution in [2.45, 2.75) is 19.9 Å². The van der Waals surface area contributed by atoms with Crippen LogP contribution >= 0.6 is 12.2 Å². The van der Waals surface area contributed by atoms with Crippen molar-refractivity contribution in [3.8, 4) is 0 Å². The Kier molecular flexibility index (Phi) is 7.29. The van der Waals surface area contributed by atoms with Crippen molar-refractivity contribution in [2.24, 2.45) is 0 Å². The van der Waals surface area contributed by atoms with Gasteiger partial charge in [0.2, 0.25) is 5.91 Å². The van der Waals surface area contributed by atoms with Crippen molar-refractivity contribution < 1.29 is 4.79 Å². The normalized spacial score (nSPS) is 15.3. The van der Waals surface area contributed by atoms with E-state index in [9.17, 15) is 4.79 Å². The maximum absolute atomic E-state index is 11.7. The lowest BCUT2D eigenvalue weighted by atomic mass is 10.2. The smallest absolute Gasteiger partial charge is 0.234 e. The van der Waals surface area contributed by atoms with Crippen LogP contribution in [0.25, 0.3) is 0 Å². The number of benzene rings is 1. The van der Waals surface area contributed by atoms with Crippen molar-refractivity contribution >= 4 is 23.2 Å². The zero-order valence-electron chi connectivity index (χ0n) is 13.8. The van der Waals surface area contributed by atoms with Crippen LogP contribution in [0.4, 0.5) is 0 Å². The Bertz CT molecular complexity index is 501. The lowest BCUT2D eigenvalue weighted by molar-refractivity contribution is -0.122. The van der Waals surface area contributed by atoms with Crippen LogP contribution in [0.15, 0.2) is 30.3 Å². The Morgan fingerprint density at radius 1 is 1.13 bits per heavy atom. The summed E-state index contributed by atoms with van der Waals surface area (Å²) in [6, 6.07) is 10.2. The van der Waals surface area contributed by atoms with Crippen molar-refractivity contribution in [2.75, 3.05) is 39.3 Å². The van der Waals surface area contributed by atoms with E-state index in [0.29, 0.717) is 6.54 Å². The summed E-state index contributed by atoms with van der Waals surface area (Å²) in [4.78, 5) is 16.1. The van der Waals surface area contributed by atoms with Gasteiger partial charge in [0.25, 0.3) is 0 Å². The second kappa shape index (κ2) is 9.47. The SMILES string of the molecule is CCCNC(=O)CN1CCN(C(=S)NCc2ccccc2)CC1. The molecule has 1 fully saturated rings. The summed E-state index contributed by atoms with van der Waals surface area (Å²) >= 11 is 5.47. The van der Waals surface area contributed by atoms with Crippen molar-refractivity contribution in [3.63, 3.8) is 0 Å². The van der Waals surface area contributed by atoms with E-state index in [2.05, 4.69) is 39.5 Å². The zero-order chi connectivity index (χ0) is 16.5. The monoisotopic (exact) mass is 334 g/mol. The molecule has 1 heterocycles. The molecule has 2 rings (SSSR count). The number of hydrogen-bond donors (Lipinski definition) is 2. The highest BCUT2D eigenvalue weighted by Crippen LogP contribution is 2.03. The molecule has 0 atom stereocenters. The van der Waals surface area contributed by atoms with Gasteiger partial charge in [-0.2, -0.15) is 0 Å². The van der Waals surface area contributed by atoms with Gasteiger partial charge < -0.3 is 15.5 Å². The van der Waals surface area contributed by atoms with Crippen LogP contribution in [-0.2, 0) is 11.3 Å². The van der Waals surface area contributed by atoms with Crippen molar-refractivity contribution in [1.29, 1.82) is 0 Å². The molecule has 6 heteroatoms. The summed E-state index contributed by atoms with van der Waals surface area (Å²) < 4.78 is 0. The molecule has 126 valence electrons. The van der Waals surface area contributed by atoms with E-state index in [1.165, 1.54) is 5.56 Å². The predicted molar refractivity (Wildman–Crippen MR) is 97.2 cm³/mol. The Labute approximate surface area is 144 Å². The third-order valence-electron chi connectivity index (χ3n) is 3.89.